The van der Waals surface area contributed by atoms with Crippen LogP contribution in [0.2, 0.25) is 0 Å². The molecule has 0 aromatic rings. The maximum atomic E-state index is 11.7. The molecule has 0 saturated carbocycles. The summed E-state index contributed by atoms with van der Waals surface area (Å²) >= 11 is 0. The van der Waals surface area contributed by atoms with Crippen molar-refractivity contribution in [1.82, 2.24) is 16.1 Å². The highest BCUT2D eigenvalue weighted by Gasteiger charge is 2.20. The number of nitro groups is 1. The molecule has 20 heavy (non-hydrogen) atoms. The number of rotatable bonds is 7. The van der Waals surface area contributed by atoms with Crippen molar-refractivity contribution < 1.29 is 9.83 Å². The van der Waals surface area contributed by atoms with Gasteiger partial charge in [0.1, 0.15) is 0 Å². The number of hydrogen-bond donors (Lipinski definition) is 5. The Morgan fingerprint density at radius 1 is 1.60 bits per heavy atom. The van der Waals surface area contributed by atoms with Gasteiger partial charge in [-0.15, -0.1) is 0 Å². The Labute approximate surface area is 116 Å². The molecule has 1 aliphatic heterocycles. The monoisotopic (exact) mass is 287 g/mol. The lowest BCUT2D eigenvalue weighted by Crippen LogP contribution is -2.46. The topological polar surface area (TPSA) is 161 Å². The van der Waals surface area contributed by atoms with E-state index in [4.69, 9.17) is 11.5 Å². The van der Waals surface area contributed by atoms with E-state index < -0.39 is 11.1 Å². The van der Waals surface area contributed by atoms with Gasteiger partial charge in [0.25, 0.3) is 5.96 Å². The number of guanidine groups is 1. The fourth-order valence-corrected chi connectivity index (χ4v) is 1.86. The van der Waals surface area contributed by atoms with E-state index >= 15 is 0 Å². The maximum Gasteiger partial charge on any atom is 0.251 e. The number of aliphatic imine (C=N–C) groups is 1. The predicted octanol–water partition coefficient (Wildman–Crippen LogP) is -2.33. The molecular formula is C10H21N7O3. The molecule has 0 spiro atoms. The van der Waals surface area contributed by atoms with Crippen molar-refractivity contribution in [2.45, 2.75) is 31.3 Å². The molecule has 7 N–H and O–H groups in total. The second kappa shape index (κ2) is 8.27. The Hall–Kier alpha value is -1.94. The van der Waals surface area contributed by atoms with Crippen LogP contribution in [-0.4, -0.2) is 48.6 Å². The van der Waals surface area contributed by atoms with E-state index in [1.807, 2.05) is 0 Å². The third-order valence-electron chi connectivity index (χ3n) is 2.90. The lowest BCUT2D eigenvalue weighted by atomic mass is 10.1. The van der Waals surface area contributed by atoms with Crippen molar-refractivity contribution in [3.63, 3.8) is 0 Å². The molecular weight excluding hydrogens is 266 g/mol. The SMILES string of the molecule is NC(=NCCC[C@H](N)C(=O)N[C@@H]1CCNC1)N[N+](=O)[O-]. The highest BCUT2D eigenvalue weighted by Crippen LogP contribution is 2.00. The normalized spacial score (nSPS) is 20.4. The summed E-state index contributed by atoms with van der Waals surface area (Å²) in [6.45, 7) is 1.95. The van der Waals surface area contributed by atoms with Crippen LogP contribution in [0, 0.1) is 10.1 Å². The summed E-state index contributed by atoms with van der Waals surface area (Å²) in [5, 5.41) is 15.3. The van der Waals surface area contributed by atoms with Gasteiger partial charge in [0.15, 0.2) is 5.03 Å². The van der Waals surface area contributed by atoms with Crippen LogP contribution in [0.15, 0.2) is 4.99 Å². The van der Waals surface area contributed by atoms with Gasteiger partial charge in [-0.3, -0.25) is 4.79 Å². The smallest absolute Gasteiger partial charge is 0.251 e. The first-order chi connectivity index (χ1) is 9.49. The molecule has 0 unspecified atom stereocenters. The van der Waals surface area contributed by atoms with E-state index in [0.29, 0.717) is 12.8 Å². The summed E-state index contributed by atoms with van der Waals surface area (Å²) in [5.41, 5.74) is 12.7. The number of nitrogens with two attached hydrogens (primary N) is 2. The van der Waals surface area contributed by atoms with E-state index in [1.54, 1.807) is 5.43 Å². The number of hydrazine groups is 1. The molecule has 1 heterocycles. The molecule has 1 amide bonds. The summed E-state index contributed by atoms with van der Waals surface area (Å²) in [6.07, 6.45) is 1.88. The van der Waals surface area contributed by atoms with Gasteiger partial charge in [-0.05, 0) is 25.8 Å². The van der Waals surface area contributed by atoms with Gasteiger partial charge in [-0.1, -0.05) is 5.43 Å². The maximum absolute atomic E-state index is 11.7. The number of nitrogens with zero attached hydrogens (tertiary/aromatic N) is 2. The number of carbonyl (C=O) groups is 1. The van der Waals surface area contributed by atoms with Crippen molar-refractivity contribution in [3.05, 3.63) is 10.1 Å². The first kappa shape index (κ1) is 16.1. The van der Waals surface area contributed by atoms with Crippen LogP contribution in [0.4, 0.5) is 0 Å². The minimum Gasteiger partial charge on any atom is -0.365 e. The third kappa shape index (κ3) is 6.29. The van der Waals surface area contributed by atoms with Gasteiger partial charge in [0, 0.05) is 19.1 Å². The predicted molar refractivity (Wildman–Crippen MR) is 73.2 cm³/mol. The second-order valence-electron chi connectivity index (χ2n) is 4.58. The van der Waals surface area contributed by atoms with Crippen LogP contribution < -0.4 is 27.5 Å². The lowest BCUT2D eigenvalue weighted by Gasteiger charge is -2.15. The van der Waals surface area contributed by atoms with Gasteiger partial charge >= 0.3 is 0 Å². The summed E-state index contributed by atoms with van der Waals surface area (Å²) in [7, 11) is 0. The summed E-state index contributed by atoms with van der Waals surface area (Å²) in [6, 6.07) is -0.456. The zero-order valence-corrected chi connectivity index (χ0v) is 11.2. The first-order valence-electron chi connectivity index (χ1n) is 6.46. The lowest BCUT2D eigenvalue weighted by molar-refractivity contribution is -0.525. The van der Waals surface area contributed by atoms with Gasteiger partial charge in [0.05, 0.1) is 6.04 Å². The number of nitrogens with one attached hydrogen (secondary N) is 3. The van der Waals surface area contributed by atoms with Crippen LogP contribution >= 0.6 is 0 Å². The molecule has 0 bridgehead atoms. The molecule has 1 saturated heterocycles. The summed E-state index contributed by atoms with van der Waals surface area (Å²) < 4.78 is 0. The standard InChI is InChI=1S/C10H21N7O3/c11-8(9(18)15-7-3-5-13-6-7)2-1-4-14-10(12)16-17(19)20/h7-8,13H,1-6,11H2,(H,15,18)(H3,12,14,16)/t7-,8+/m1/s1. The van der Waals surface area contributed by atoms with E-state index in [2.05, 4.69) is 15.6 Å². The first-order valence-corrected chi connectivity index (χ1v) is 6.46. The largest absolute Gasteiger partial charge is 0.365 e. The van der Waals surface area contributed by atoms with E-state index in [0.717, 1.165) is 19.5 Å². The van der Waals surface area contributed by atoms with Crippen molar-refractivity contribution in [1.29, 1.82) is 0 Å². The second-order valence-corrected chi connectivity index (χ2v) is 4.58. The fraction of sp³-hybridized carbons (Fsp3) is 0.800. The minimum atomic E-state index is -0.784. The van der Waals surface area contributed by atoms with Gasteiger partial charge in [-0.25, -0.2) is 15.1 Å². The van der Waals surface area contributed by atoms with Gasteiger partial charge < -0.3 is 22.1 Å². The zero-order chi connectivity index (χ0) is 15.0. The van der Waals surface area contributed by atoms with Crippen molar-refractivity contribution in [2.24, 2.45) is 16.5 Å². The Balaban J connectivity index is 2.16. The molecule has 1 rings (SSSR count). The Bertz CT molecular complexity index is 368. The molecule has 0 aromatic heterocycles. The molecule has 114 valence electrons. The number of carbonyl (C=O) groups excluding carboxylic acids is 1. The average molecular weight is 287 g/mol. The van der Waals surface area contributed by atoms with E-state index in [9.17, 15) is 14.9 Å². The molecule has 0 radical (unpaired) electrons. The third-order valence-corrected chi connectivity index (χ3v) is 2.90. The fourth-order valence-electron chi connectivity index (χ4n) is 1.86. The summed E-state index contributed by atoms with van der Waals surface area (Å²) in [5.74, 6) is -0.441. The average Bonchev–Trinajstić information content (AvgIpc) is 2.86. The quantitative estimate of drug-likeness (QED) is 0.115. The molecule has 1 fully saturated rings. The Morgan fingerprint density at radius 2 is 2.35 bits per heavy atom. The highest BCUT2D eigenvalue weighted by molar-refractivity contribution is 5.81. The molecule has 10 nitrogen and oxygen atoms in total. The van der Waals surface area contributed by atoms with Crippen LogP contribution in [0.5, 0.6) is 0 Å². The molecule has 1 aliphatic rings. The van der Waals surface area contributed by atoms with Crippen LogP contribution in [-0.2, 0) is 4.79 Å². The minimum absolute atomic E-state index is 0.145. The number of hydrogen-bond acceptors (Lipinski definition) is 6. The highest BCUT2D eigenvalue weighted by atomic mass is 16.7. The number of amides is 1. The van der Waals surface area contributed by atoms with Crippen molar-refractivity contribution in [3.8, 4) is 0 Å². The summed E-state index contributed by atoms with van der Waals surface area (Å²) in [4.78, 5) is 25.6. The van der Waals surface area contributed by atoms with Crippen molar-refractivity contribution in [2.75, 3.05) is 19.6 Å². The molecule has 10 heteroatoms. The van der Waals surface area contributed by atoms with Crippen LogP contribution in [0.3, 0.4) is 0 Å². The molecule has 0 aliphatic carbocycles. The van der Waals surface area contributed by atoms with Gasteiger partial charge in [-0.2, -0.15) is 0 Å². The molecule has 2 atom stereocenters. The van der Waals surface area contributed by atoms with Crippen LogP contribution in [0.1, 0.15) is 19.3 Å². The van der Waals surface area contributed by atoms with Crippen LogP contribution in [0.25, 0.3) is 0 Å². The molecule has 0 aromatic carbocycles. The van der Waals surface area contributed by atoms with Gasteiger partial charge in [0.2, 0.25) is 5.91 Å². The zero-order valence-electron chi connectivity index (χ0n) is 11.2. The van der Waals surface area contributed by atoms with Crippen molar-refractivity contribution >= 4 is 11.9 Å². The van der Waals surface area contributed by atoms with E-state index in [1.165, 1.54) is 0 Å². The Kier molecular flexibility index (Phi) is 6.67. The van der Waals surface area contributed by atoms with E-state index in [-0.39, 0.29) is 24.5 Å². The Morgan fingerprint density at radius 3 is 2.95 bits per heavy atom.